The third kappa shape index (κ3) is 2.43. The van der Waals surface area contributed by atoms with Gasteiger partial charge in [-0.3, -0.25) is 14.9 Å². The summed E-state index contributed by atoms with van der Waals surface area (Å²) < 4.78 is 0. The first-order valence-electron chi connectivity index (χ1n) is 6.56. The summed E-state index contributed by atoms with van der Waals surface area (Å²) >= 11 is 0. The highest BCUT2D eigenvalue weighted by Gasteiger charge is 2.41. The molecule has 1 aliphatic rings. The molecule has 2 rings (SSSR count). The van der Waals surface area contributed by atoms with Crippen LogP contribution in [0.5, 0.6) is 0 Å². The number of rotatable bonds is 3. The molecule has 1 fully saturated rings. The second kappa shape index (κ2) is 5.07. The second-order valence-corrected chi connectivity index (χ2v) is 5.15. The minimum atomic E-state index is -0.835. The first-order chi connectivity index (χ1) is 9.38. The largest absolute Gasteiger partial charge is 0.373 e. The Morgan fingerprint density at radius 3 is 2.70 bits per heavy atom. The molecule has 1 aromatic heterocycles. The Morgan fingerprint density at radius 2 is 2.10 bits per heavy atom. The molecule has 2 N–H and O–H groups in total. The van der Waals surface area contributed by atoms with E-state index in [2.05, 4.69) is 20.6 Å². The van der Waals surface area contributed by atoms with Crippen LogP contribution in [0.4, 0.5) is 11.6 Å². The average Bonchev–Trinajstić information content (AvgIpc) is 2.42. The SMILES string of the molecule is CCc1nc(NC)cc(N2CC(=O)NC(=O)C2(C)C)n1. The predicted octanol–water partition coefficient (Wildman–Crippen LogP) is 0.322. The Kier molecular flexibility index (Phi) is 3.61. The molecule has 0 bridgehead atoms. The van der Waals surface area contributed by atoms with Crippen molar-refractivity contribution in [2.75, 3.05) is 23.8 Å². The molecule has 1 saturated heterocycles. The van der Waals surface area contributed by atoms with Crippen LogP contribution in [0.2, 0.25) is 0 Å². The number of aromatic nitrogens is 2. The number of nitrogens with zero attached hydrogens (tertiary/aromatic N) is 3. The smallest absolute Gasteiger partial charge is 0.251 e. The Balaban J connectivity index is 2.47. The summed E-state index contributed by atoms with van der Waals surface area (Å²) in [5, 5.41) is 5.32. The molecule has 1 aromatic rings. The number of nitrogens with one attached hydrogen (secondary N) is 2. The highest BCUT2D eigenvalue weighted by atomic mass is 16.2. The summed E-state index contributed by atoms with van der Waals surface area (Å²) in [4.78, 5) is 34.1. The quantitative estimate of drug-likeness (QED) is 0.774. The van der Waals surface area contributed by atoms with Gasteiger partial charge >= 0.3 is 0 Å². The minimum absolute atomic E-state index is 0.0993. The molecule has 108 valence electrons. The number of hydrogen-bond acceptors (Lipinski definition) is 6. The molecule has 2 heterocycles. The van der Waals surface area contributed by atoms with Gasteiger partial charge in [0.2, 0.25) is 5.91 Å². The van der Waals surface area contributed by atoms with E-state index >= 15 is 0 Å². The zero-order valence-corrected chi connectivity index (χ0v) is 12.1. The fourth-order valence-electron chi connectivity index (χ4n) is 2.06. The van der Waals surface area contributed by atoms with E-state index in [0.717, 1.165) is 0 Å². The van der Waals surface area contributed by atoms with E-state index in [4.69, 9.17) is 0 Å². The van der Waals surface area contributed by atoms with Gasteiger partial charge in [0.15, 0.2) is 0 Å². The van der Waals surface area contributed by atoms with E-state index in [0.29, 0.717) is 23.9 Å². The van der Waals surface area contributed by atoms with Crippen molar-refractivity contribution in [3.8, 4) is 0 Å². The van der Waals surface area contributed by atoms with E-state index in [1.807, 2.05) is 6.92 Å². The Morgan fingerprint density at radius 1 is 1.40 bits per heavy atom. The lowest BCUT2D eigenvalue weighted by molar-refractivity contribution is -0.135. The van der Waals surface area contributed by atoms with Gasteiger partial charge in [0, 0.05) is 19.5 Å². The summed E-state index contributed by atoms with van der Waals surface area (Å²) in [6.45, 7) is 5.59. The number of imide groups is 1. The topological polar surface area (TPSA) is 87.2 Å². The number of aryl methyl sites for hydroxylation is 1. The molecule has 0 unspecified atom stereocenters. The van der Waals surface area contributed by atoms with Crippen LogP contribution < -0.4 is 15.5 Å². The first kappa shape index (κ1) is 14.2. The monoisotopic (exact) mass is 277 g/mol. The summed E-state index contributed by atoms with van der Waals surface area (Å²) in [6, 6.07) is 1.74. The van der Waals surface area contributed by atoms with Crippen LogP contribution in [0.1, 0.15) is 26.6 Å². The number of amides is 2. The molecular formula is C13H19N5O2. The molecular weight excluding hydrogens is 258 g/mol. The highest BCUT2D eigenvalue weighted by molar-refractivity contribution is 6.06. The van der Waals surface area contributed by atoms with Crippen LogP contribution in [0.15, 0.2) is 6.07 Å². The van der Waals surface area contributed by atoms with Crippen LogP contribution in [0.3, 0.4) is 0 Å². The molecule has 2 amide bonds. The molecule has 1 aliphatic heterocycles. The molecule has 7 nitrogen and oxygen atoms in total. The van der Waals surface area contributed by atoms with Crippen LogP contribution in [-0.4, -0.2) is 40.9 Å². The van der Waals surface area contributed by atoms with E-state index < -0.39 is 5.54 Å². The van der Waals surface area contributed by atoms with Crippen LogP contribution in [0, 0.1) is 0 Å². The number of anilines is 2. The van der Waals surface area contributed by atoms with Gasteiger partial charge in [-0.2, -0.15) is 0 Å². The molecule has 0 radical (unpaired) electrons. The van der Waals surface area contributed by atoms with E-state index in [9.17, 15) is 9.59 Å². The Labute approximate surface area is 117 Å². The zero-order chi connectivity index (χ0) is 14.9. The van der Waals surface area contributed by atoms with Gasteiger partial charge in [0.1, 0.15) is 23.0 Å². The van der Waals surface area contributed by atoms with Crippen molar-refractivity contribution >= 4 is 23.5 Å². The first-order valence-corrected chi connectivity index (χ1v) is 6.56. The minimum Gasteiger partial charge on any atom is -0.373 e. The van der Waals surface area contributed by atoms with Gasteiger partial charge in [0.05, 0.1) is 6.54 Å². The van der Waals surface area contributed by atoms with Crippen molar-refractivity contribution in [2.24, 2.45) is 0 Å². The summed E-state index contributed by atoms with van der Waals surface area (Å²) in [5.41, 5.74) is -0.835. The number of carbonyl (C=O) groups excluding carboxylic acids is 2. The molecule has 0 atom stereocenters. The maximum atomic E-state index is 12.0. The van der Waals surface area contributed by atoms with Gasteiger partial charge in [-0.15, -0.1) is 0 Å². The van der Waals surface area contributed by atoms with Gasteiger partial charge in [-0.25, -0.2) is 9.97 Å². The lowest BCUT2D eigenvalue weighted by Crippen LogP contribution is -2.64. The van der Waals surface area contributed by atoms with Gasteiger partial charge in [-0.1, -0.05) is 6.92 Å². The zero-order valence-electron chi connectivity index (χ0n) is 12.1. The van der Waals surface area contributed by atoms with Crippen LogP contribution >= 0.6 is 0 Å². The fourth-order valence-corrected chi connectivity index (χ4v) is 2.06. The van der Waals surface area contributed by atoms with E-state index in [-0.39, 0.29) is 18.4 Å². The molecule has 0 aromatic carbocycles. The van der Waals surface area contributed by atoms with E-state index in [1.165, 1.54) is 0 Å². The van der Waals surface area contributed by atoms with Crippen molar-refractivity contribution in [3.05, 3.63) is 11.9 Å². The lowest BCUT2D eigenvalue weighted by Gasteiger charge is -2.41. The maximum Gasteiger partial charge on any atom is 0.251 e. The van der Waals surface area contributed by atoms with Gasteiger partial charge in [0.25, 0.3) is 5.91 Å². The highest BCUT2D eigenvalue weighted by Crippen LogP contribution is 2.26. The third-order valence-corrected chi connectivity index (χ3v) is 3.39. The molecule has 0 spiro atoms. The van der Waals surface area contributed by atoms with Crippen molar-refractivity contribution in [2.45, 2.75) is 32.7 Å². The Hall–Kier alpha value is -2.18. The molecule has 0 saturated carbocycles. The standard InChI is InChI=1S/C13H19N5O2/c1-5-8-15-9(14-4)6-10(16-8)18-7-11(19)17-12(20)13(18,2)3/h6H,5,7H2,1-4H3,(H,14,15,16)(H,17,19,20). The van der Waals surface area contributed by atoms with Gasteiger partial charge in [-0.05, 0) is 13.8 Å². The molecule has 7 heteroatoms. The summed E-state index contributed by atoms with van der Waals surface area (Å²) in [6.07, 6.45) is 0.678. The number of carbonyl (C=O) groups is 2. The van der Waals surface area contributed by atoms with Crippen LogP contribution in [0.25, 0.3) is 0 Å². The van der Waals surface area contributed by atoms with Crippen LogP contribution in [-0.2, 0) is 16.0 Å². The van der Waals surface area contributed by atoms with Crippen molar-refractivity contribution < 1.29 is 9.59 Å². The number of piperazine rings is 1. The average molecular weight is 277 g/mol. The summed E-state index contributed by atoms with van der Waals surface area (Å²) in [7, 11) is 1.77. The third-order valence-electron chi connectivity index (χ3n) is 3.39. The van der Waals surface area contributed by atoms with Crippen molar-refractivity contribution in [1.29, 1.82) is 0 Å². The van der Waals surface area contributed by atoms with Crippen molar-refractivity contribution in [1.82, 2.24) is 15.3 Å². The number of hydrogen-bond donors (Lipinski definition) is 2. The fraction of sp³-hybridized carbons (Fsp3) is 0.538. The van der Waals surface area contributed by atoms with Crippen molar-refractivity contribution in [3.63, 3.8) is 0 Å². The van der Waals surface area contributed by atoms with Gasteiger partial charge < -0.3 is 10.2 Å². The summed E-state index contributed by atoms with van der Waals surface area (Å²) in [5.74, 6) is 1.27. The normalized spacial score (nSPS) is 17.9. The molecule has 0 aliphatic carbocycles. The second-order valence-electron chi connectivity index (χ2n) is 5.15. The molecule has 20 heavy (non-hydrogen) atoms. The maximum absolute atomic E-state index is 12.0. The predicted molar refractivity (Wildman–Crippen MR) is 75.5 cm³/mol. The van der Waals surface area contributed by atoms with E-state index in [1.54, 1.807) is 31.9 Å². The lowest BCUT2D eigenvalue weighted by atomic mass is 9.99. The Bertz CT molecular complexity index is 533.